The number of carbonyl (C=O) groups is 1. The van der Waals surface area contributed by atoms with E-state index in [4.69, 9.17) is 0 Å². The second-order valence-corrected chi connectivity index (χ2v) is 6.76. The summed E-state index contributed by atoms with van der Waals surface area (Å²) in [6, 6.07) is 0. The minimum Gasteiger partial charge on any atom is -0.493 e. The third kappa shape index (κ3) is 4.14. The van der Waals surface area contributed by atoms with E-state index in [1.807, 2.05) is 0 Å². The molecule has 1 aromatic heterocycles. The molecule has 1 radical (unpaired) electrons. The van der Waals surface area contributed by atoms with Crippen LogP contribution in [-0.4, -0.2) is 20.7 Å². The molecule has 0 spiro atoms. The molecule has 0 unspecified atom stereocenters. The Balaban J connectivity index is 0.00000432. The van der Waals surface area contributed by atoms with Gasteiger partial charge in [-0.1, -0.05) is 0 Å². The van der Waals surface area contributed by atoms with E-state index in [9.17, 15) is 58.2 Å². The van der Waals surface area contributed by atoms with E-state index in [0.29, 0.717) is 6.92 Å². The van der Waals surface area contributed by atoms with E-state index >= 15 is 0 Å². The normalized spacial score (nSPS) is 11.6. The molecule has 0 amide bonds. The van der Waals surface area contributed by atoms with Crippen LogP contribution in [-0.2, 0) is 23.2 Å². The minimum absolute atomic E-state index is 0. The van der Waals surface area contributed by atoms with Crippen LogP contribution >= 0.6 is 0 Å². The number of halogens is 11. The number of aromatic nitrogens is 2. The second-order valence-electron chi connectivity index (χ2n) is 6.76. The molecule has 0 saturated carbocycles. The van der Waals surface area contributed by atoms with Gasteiger partial charge in [-0.2, -0.15) is 23.0 Å². The van der Waals surface area contributed by atoms with Crippen LogP contribution in [0.5, 0.6) is 5.88 Å². The van der Waals surface area contributed by atoms with E-state index in [0.717, 1.165) is 6.92 Å². The summed E-state index contributed by atoms with van der Waals surface area (Å²) in [5, 5.41) is 13.4. The summed E-state index contributed by atoms with van der Waals surface area (Å²) in [5.74, 6) is -23.4. The fourth-order valence-corrected chi connectivity index (χ4v) is 3.07. The molecule has 35 heavy (non-hydrogen) atoms. The Kier molecular flexibility index (Phi) is 7.35. The van der Waals surface area contributed by atoms with Gasteiger partial charge in [0.1, 0.15) is 22.6 Å². The van der Waals surface area contributed by atoms with Crippen LogP contribution in [0.1, 0.15) is 32.7 Å². The summed E-state index contributed by atoms with van der Waals surface area (Å²) in [6.45, 7) is 1.40. The fraction of sp³-hybridized carbons (Fsp3) is 0.158. The molecular weight excluding hydrogens is 552 g/mol. The Morgan fingerprint density at radius 2 is 1.23 bits per heavy atom. The van der Waals surface area contributed by atoms with Gasteiger partial charge < -0.3 is 5.11 Å². The van der Waals surface area contributed by atoms with E-state index in [1.165, 1.54) is 0 Å². The molecule has 2 aromatic carbocycles. The Labute approximate surface area is 197 Å². The molecule has 189 valence electrons. The average molecular weight is 559 g/mol. The maximum atomic E-state index is 14.3. The first-order valence-electron chi connectivity index (χ1n) is 8.63. The number of aryl methyl sites for hydroxylation is 1. The zero-order valence-electron chi connectivity index (χ0n) is 16.8. The van der Waals surface area contributed by atoms with Gasteiger partial charge in [0, 0.05) is 22.6 Å². The van der Waals surface area contributed by atoms with Crippen LogP contribution in [0.3, 0.4) is 0 Å². The average Bonchev–Trinajstić information content (AvgIpc) is 3.02. The van der Waals surface area contributed by atoms with Crippen LogP contribution in [0, 0.1) is 60.4 Å². The first-order chi connectivity index (χ1) is 15.5. The van der Waals surface area contributed by atoms with Crippen LogP contribution in [0.25, 0.3) is 5.69 Å². The summed E-state index contributed by atoms with van der Waals surface area (Å²) in [7, 11) is 0. The van der Waals surface area contributed by atoms with Gasteiger partial charge in [0.15, 0.2) is 40.7 Å². The second kappa shape index (κ2) is 9.15. The number of ketones is 1. The third-order valence-corrected chi connectivity index (χ3v) is 4.71. The summed E-state index contributed by atoms with van der Waals surface area (Å²) < 4.78 is 150. The monoisotopic (exact) mass is 559 g/mol. The van der Waals surface area contributed by atoms with Crippen molar-refractivity contribution in [1.82, 2.24) is 9.78 Å². The quantitative estimate of drug-likeness (QED) is 0.151. The minimum atomic E-state index is -5.88. The molecule has 3 aromatic rings. The fourth-order valence-electron chi connectivity index (χ4n) is 3.07. The predicted molar refractivity (Wildman–Crippen MR) is 89.2 cm³/mol. The number of carbonyl (C=O) groups excluding carboxylic acids is 1. The maximum Gasteiger partial charge on any atom is 0.422 e. The standard InChI is InChI=1S/C19H7F11N2O2.Mn/c1-3-8(20)6(10(22)13(25)9(3)21)17(33)5-4(2)31-32(18(5)34)16-14(26)11(23)7(19(28,29)30)12(24)15(16)27;/h34H,1-2H3;. The van der Waals surface area contributed by atoms with E-state index < -0.39 is 103 Å². The van der Waals surface area contributed by atoms with Crippen molar-refractivity contribution in [3.05, 3.63) is 74.5 Å². The van der Waals surface area contributed by atoms with Crippen molar-refractivity contribution >= 4 is 5.78 Å². The summed E-state index contributed by atoms with van der Waals surface area (Å²) in [6.07, 6.45) is -5.88. The topological polar surface area (TPSA) is 55.1 Å². The van der Waals surface area contributed by atoms with Crippen molar-refractivity contribution in [3.8, 4) is 11.6 Å². The Hall–Kier alpha value is -3.13. The van der Waals surface area contributed by atoms with Crippen molar-refractivity contribution in [2.45, 2.75) is 20.0 Å². The SMILES string of the molecule is Cc1nn(-c2c(F)c(F)c(C(F)(F)F)c(F)c2F)c(O)c1C(=O)c1c(F)c(C)c(F)c(F)c1F.[Mn]. The van der Waals surface area contributed by atoms with Gasteiger partial charge in [-0.25, -0.2) is 35.1 Å². The Morgan fingerprint density at radius 3 is 1.69 bits per heavy atom. The number of alkyl halides is 3. The van der Waals surface area contributed by atoms with Crippen LogP contribution in [0.2, 0.25) is 0 Å². The zero-order valence-corrected chi connectivity index (χ0v) is 18.0. The molecule has 0 fully saturated rings. The largest absolute Gasteiger partial charge is 0.493 e. The van der Waals surface area contributed by atoms with Gasteiger partial charge in [-0.3, -0.25) is 4.79 Å². The van der Waals surface area contributed by atoms with Gasteiger partial charge in [-0.15, -0.1) is 0 Å². The van der Waals surface area contributed by atoms with Gasteiger partial charge >= 0.3 is 6.18 Å². The van der Waals surface area contributed by atoms with Crippen molar-refractivity contribution in [1.29, 1.82) is 0 Å². The predicted octanol–water partition coefficient (Wildman–Crippen LogP) is 5.55. The van der Waals surface area contributed by atoms with Gasteiger partial charge in [0.2, 0.25) is 11.7 Å². The molecule has 0 aliphatic rings. The van der Waals surface area contributed by atoms with Crippen molar-refractivity contribution in [2.75, 3.05) is 0 Å². The maximum absolute atomic E-state index is 14.3. The molecule has 1 heterocycles. The van der Waals surface area contributed by atoms with Crippen molar-refractivity contribution in [3.63, 3.8) is 0 Å². The number of benzene rings is 2. The van der Waals surface area contributed by atoms with Crippen LogP contribution in [0.4, 0.5) is 48.3 Å². The molecule has 0 aliphatic carbocycles. The molecule has 1 N–H and O–H groups in total. The van der Waals surface area contributed by atoms with Crippen LogP contribution < -0.4 is 0 Å². The number of nitrogens with zero attached hydrogens (tertiary/aromatic N) is 2. The smallest absolute Gasteiger partial charge is 0.422 e. The number of aromatic hydroxyl groups is 1. The molecule has 4 nitrogen and oxygen atoms in total. The first-order valence-corrected chi connectivity index (χ1v) is 8.63. The molecule has 0 saturated heterocycles. The molecule has 0 atom stereocenters. The number of rotatable bonds is 3. The van der Waals surface area contributed by atoms with E-state index in [2.05, 4.69) is 5.10 Å². The Morgan fingerprint density at radius 1 is 0.743 bits per heavy atom. The molecule has 0 bridgehead atoms. The molecule has 16 heteroatoms. The van der Waals surface area contributed by atoms with Crippen LogP contribution in [0.15, 0.2) is 0 Å². The van der Waals surface area contributed by atoms with E-state index in [-0.39, 0.29) is 17.1 Å². The van der Waals surface area contributed by atoms with Gasteiger partial charge in [-0.05, 0) is 13.8 Å². The first kappa shape index (κ1) is 28.1. The van der Waals surface area contributed by atoms with Gasteiger partial charge in [0.05, 0.1) is 11.3 Å². The summed E-state index contributed by atoms with van der Waals surface area (Å²) in [5.41, 5.74) is -10.0. The number of hydrogen-bond donors (Lipinski definition) is 1. The molecule has 0 aliphatic heterocycles. The van der Waals surface area contributed by atoms with Crippen molar-refractivity contribution < 1.29 is 75.3 Å². The third-order valence-electron chi connectivity index (χ3n) is 4.71. The summed E-state index contributed by atoms with van der Waals surface area (Å²) >= 11 is 0. The molecular formula is C19H7F11MnN2O2. The zero-order chi connectivity index (χ0) is 26.0. The number of hydrogen-bond acceptors (Lipinski definition) is 3. The molecule has 3 rings (SSSR count). The van der Waals surface area contributed by atoms with Crippen molar-refractivity contribution in [2.24, 2.45) is 0 Å². The summed E-state index contributed by atoms with van der Waals surface area (Å²) in [4.78, 5) is 12.6. The van der Waals surface area contributed by atoms with E-state index in [1.54, 1.807) is 0 Å². The Bertz CT molecular complexity index is 1320. The van der Waals surface area contributed by atoms with Gasteiger partial charge in [0.25, 0.3) is 0 Å².